The van der Waals surface area contributed by atoms with Crippen LogP contribution in [0.2, 0.25) is 0 Å². The number of imide groups is 1. The van der Waals surface area contributed by atoms with Crippen LogP contribution in [-0.4, -0.2) is 47.0 Å². The number of hydrogen-bond donors (Lipinski definition) is 2. The molecule has 0 aromatic rings. The monoisotopic (exact) mass is 286 g/mol. The second-order valence-electron chi connectivity index (χ2n) is 4.33. The van der Waals surface area contributed by atoms with Gasteiger partial charge in [-0.3, -0.25) is 14.4 Å². The van der Waals surface area contributed by atoms with E-state index < -0.39 is 17.8 Å². The van der Waals surface area contributed by atoms with E-state index >= 15 is 0 Å². The third-order valence-corrected chi connectivity index (χ3v) is 2.66. The summed E-state index contributed by atoms with van der Waals surface area (Å²) in [4.78, 5) is 49.7. The maximum absolute atomic E-state index is 11.4. The van der Waals surface area contributed by atoms with Crippen molar-refractivity contribution in [1.82, 2.24) is 10.4 Å². The standard InChI is InChI=1S/C12H18N2O6/c15-8-2-1-7-13-9(16)3-6-12(19)20-14-10(17)4-5-11(14)18/h15H,1-8H2,(H,13,16). The van der Waals surface area contributed by atoms with Gasteiger partial charge in [0.15, 0.2) is 0 Å². The molecule has 2 N–H and O–H groups in total. The summed E-state index contributed by atoms with van der Waals surface area (Å²) in [6.45, 7) is 0.498. The van der Waals surface area contributed by atoms with Gasteiger partial charge in [0.1, 0.15) is 0 Å². The number of carbonyl (C=O) groups excluding carboxylic acids is 4. The van der Waals surface area contributed by atoms with Gasteiger partial charge in [0.05, 0.1) is 6.42 Å². The van der Waals surface area contributed by atoms with Gasteiger partial charge in [0.25, 0.3) is 11.8 Å². The van der Waals surface area contributed by atoms with Crippen molar-refractivity contribution in [3.63, 3.8) is 0 Å². The highest BCUT2D eigenvalue weighted by Gasteiger charge is 2.32. The van der Waals surface area contributed by atoms with Crippen LogP contribution in [0.4, 0.5) is 0 Å². The fraction of sp³-hybridized carbons (Fsp3) is 0.667. The number of nitrogens with zero attached hydrogens (tertiary/aromatic N) is 1. The number of amides is 3. The lowest BCUT2D eigenvalue weighted by Crippen LogP contribution is -2.32. The summed E-state index contributed by atoms with van der Waals surface area (Å²) in [7, 11) is 0. The molecule has 3 amide bonds. The molecule has 0 aromatic heterocycles. The first-order valence-corrected chi connectivity index (χ1v) is 6.48. The summed E-state index contributed by atoms with van der Waals surface area (Å²) in [6, 6.07) is 0. The van der Waals surface area contributed by atoms with E-state index in [0.717, 1.165) is 0 Å². The summed E-state index contributed by atoms with van der Waals surface area (Å²) in [5.41, 5.74) is 0. The van der Waals surface area contributed by atoms with E-state index in [0.29, 0.717) is 24.4 Å². The average molecular weight is 286 g/mol. The van der Waals surface area contributed by atoms with Crippen molar-refractivity contribution < 1.29 is 29.1 Å². The van der Waals surface area contributed by atoms with E-state index in [4.69, 9.17) is 5.11 Å². The largest absolute Gasteiger partial charge is 0.396 e. The van der Waals surface area contributed by atoms with Crippen LogP contribution >= 0.6 is 0 Å². The first-order valence-electron chi connectivity index (χ1n) is 6.48. The highest BCUT2D eigenvalue weighted by molar-refractivity contribution is 6.01. The number of carbonyl (C=O) groups is 4. The molecule has 0 radical (unpaired) electrons. The molecule has 1 rings (SSSR count). The van der Waals surface area contributed by atoms with Crippen LogP contribution in [0, 0.1) is 0 Å². The van der Waals surface area contributed by atoms with Gasteiger partial charge >= 0.3 is 5.97 Å². The molecule has 1 aliphatic heterocycles. The Morgan fingerprint density at radius 2 is 1.80 bits per heavy atom. The molecular formula is C12H18N2O6. The Morgan fingerprint density at radius 1 is 1.15 bits per heavy atom. The van der Waals surface area contributed by atoms with Crippen LogP contribution in [0.1, 0.15) is 38.5 Å². The molecule has 8 heteroatoms. The number of hydrogen-bond acceptors (Lipinski definition) is 6. The molecule has 0 aromatic carbocycles. The van der Waals surface area contributed by atoms with Crippen LogP contribution < -0.4 is 5.32 Å². The van der Waals surface area contributed by atoms with Crippen LogP contribution in [0.15, 0.2) is 0 Å². The van der Waals surface area contributed by atoms with Crippen molar-refractivity contribution in [2.24, 2.45) is 0 Å². The second-order valence-corrected chi connectivity index (χ2v) is 4.33. The summed E-state index contributed by atoms with van der Waals surface area (Å²) in [5, 5.41) is 11.6. The van der Waals surface area contributed by atoms with E-state index in [2.05, 4.69) is 10.2 Å². The highest BCUT2D eigenvalue weighted by Crippen LogP contribution is 2.12. The molecule has 0 saturated carbocycles. The van der Waals surface area contributed by atoms with E-state index in [1.54, 1.807) is 0 Å². The Morgan fingerprint density at radius 3 is 2.40 bits per heavy atom. The Labute approximate surface area is 116 Å². The Balaban J connectivity index is 2.18. The van der Waals surface area contributed by atoms with E-state index in [1.807, 2.05) is 0 Å². The predicted molar refractivity (Wildman–Crippen MR) is 65.7 cm³/mol. The minimum Gasteiger partial charge on any atom is -0.396 e. The van der Waals surface area contributed by atoms with Crippen LogP contribution in [-0.2, 0) is 24.0 Å². The second kappa shape index (κ2) is 8.26. The molecule has 112 valence electrons. The first-order chi connectivity index (χ1) is 9.54. The molecule has 0 atom stereocenters. The molecule has 1 fully saturated rings. The molecule has 1 saturated heterocycles. The SMILES string of the molecule is O=C(CCC(=O)ON1C(=O)CCC1=O)NCCCCO. The predicted octanol–water partition coefficient (Wildman–Crippen LogP) is -0.737. The Kier molecular flexibility index (Phi) is 6.65. The van der Waals surface area contributed by atoms with Crippen molar-refractivity contribution in [2.45, 2.75) is 38.5 Å². The first kappa shape index (κ1) is 16.1. The number of nitrogens with one attached hydrogen (secondary N) is 1. The fourth-order valence-electron chi connectivity index (χ4n) is 1.57. The van der Waals surface area contributed by atoms with Crippen molar-refractivity contribution in [2.75, 3.05) is 13.2 Å². The summed E-state index contributed by atoms with van der Waals surface area (Å²) < 4.78 is 0. The van der Waals surface area contributed by atoms with Gasteiger partial charge in [-0.2, -0.15) is 0 Å². The maximum atomic E-state index is 11.4. The maximum Gasteiger partial charge on any atom is 0.333 e. The van der Waals surface area contributed by atoms with Crippen molar-refractivity contribution in [3.8, 4) is 0 Å². The average Bonchev–Trinajstić information content (AvgIpc) is 2.73. The van der Waals surface area contributed by atoms with Gasteiger partial charge in [-0.25, -0.2) is 4.79 Å². The van der Waals surface area contributed by atoms with E-state index in [1.165, 1.54) is 0 Å². The minimum atomic E-state index is -0.792. The third kappa shape index (κ3) is 5.35. The molecular weight excluding hydrogens is 268 g/mol. The fourth-order valence-corrected chi connectivity index (χ4v) is 1.57. The molecule has 0 unspecified atom stereocenters. The number of aliphatic hydroxyl groups is 1. The Hall–Kier alpha value is -1.96. The zero-order chi connectivity index (χ0) is 15.0. The number of rotatable bonds is 8. The smallest absolute Gasteiger partial charge is 0.333 e. The van der Waals surface area contributed by atoms with E-state index in [9.17, 15) is 19.2 Å². The van der Waals surface area contributed by atoms with E-state index in [-0.39, 0.29) is 38.2 Å². The summed E-state index contributed by atoms with van der Waals surface area (Å²) in [6.07, 6.45) is 1.05. The quantitative estimate of drug-likeness (QED) is 0.449. The molecule has 1 aliphatic rings. The van der Waals surface area contributed by atoms with Gasteiger partial charge in [-0.15, -0.1) is 5.06 Å². The zero-order valence-corrected chi connectivity index (χ0v) is 11.1. The van der Waals surface area contributed by atoms with Gasteiger partial charge in [0, 0.05) is 32.4 Å². The van der Waals surface area contributed by atoms with Crippen molar-refractivity contribution in [1.29, 1.82) is 0 Å². The molecule has 8 nitrogen and oxygen atoms in total. The molecule has 1 heterocycles. The molecule has 0 spiro atoms. The lowest BCUT2D eigenvalue weighted by atomic mass is 10.3. The lowest BCUT2D eigenvalue weighted by Gasteiger charge is -2.12. The molecule has 20 heavy (non-hydrogen) atoms. The molecule has 0 bridgehead atoms. The van der Waals surface area contributed by atoms with Crippen LogP contribution in [0.5, 0.6) is 0 Å². The summed E-state index contributed by atoms with van der Waals surface area (Å²) >= 11 is 0. The van der Waals surface area contributed by atoms with Gasteiger partial charge in [-0.05, 0) is 12.8 Å². The van der Waals surface area contributed by atoms with Crippen LogP contribution in [0.25, 0.3) is 0 Å². The Bertz CT molecular complexity index is 379. The van der Waals surface area contributed by atoms with Crippen molar-refractivity contribution in [3.05, 3.63) is 0 Å². The zero-order valence-electron chi connectivity index (χ0n) is 11.1. The van der Waals surface area contributed by atoms with Gasteiger partial charge in [-0.1, -0.05) is 0 Å². The van der Waals surface area contributed by atoms with Crippen molar-refractivity contribution >= 4 is 23.7 Å². The topological polar surface area (TPSA) is 113 Å². The third-order valence-electron chi connectivity index (χ3n) is 2.66. The van der Waals surface area contributed by atoms with Gasteiger partial charge in [0.2, 0.25) is 5.91 Å². The highest BCUT2D eigenvalue weighted by atomic mass is 16.7. The normalized spacial score (nSPS) is 14.6. The van der Waals surface area contributed by atoms with Gasteiger partial charge < -0.3 is 15.3 Å². The summed E-state index contributed by atoms with van der Waals surface area (Å²) in [5.74, 6) is -2.20. The number of unbranched alkanes of at least 4 members (excludes halogenated alkanes) is 1. The lowest BCUT2D eigenvalue weighted by molar-refractivity contribution is -0.197. The van der Waals surface area contributed by atoms with Crippen LogP contribution in [0.3, 0.4) is 0 Å². The molecule has 0 aliphatic carbocycles. The number of hydroxylamine groups is 2. The minimum absolute atomic E-state index is 0.0391. The number of aliphatic hydroxyl groups excluding tert-OH is 1.